The van der Waals surface area contributed by atoms with Gasteiger partial charge in [0.1, 0.15) is 5.76 Å². The lowest BCUT2D eigenvalue weighted by Gasteiger charge is -2.13. The quantitative estimate of drug-likeness (QED) is 0.219. The zero-order chi connectivity index (χ0) is 14.1. The Hall–Kier alpha value is -2.05. The molecular formula is C11H16O7. The van der Waals surface area contributed by atoms with Crippen LogP contribution in [-0.2, 0) is 33.3 Å². The van der Waals surface area contributed by atoms with E-state index in [-0.39, 0.29) is 12.2 Å². The Labute approximate surface area is 105 Å². The van der Waals surface area contributed by atoms with Gasteiger partial charge in [-0.1, -0.05) is 0 Å². The van der Waals surface area contributed by atoms with Crippen LogP contribution in [0.3, 0.4) is 0 Å². The van der Waals surface area contributed by atoms with E-state index < -0.39 is 23.8 Å². The predicted octanol–water partition coefficient (Wildman–Crippen LogP) is 0.0420. The summed E-state index contributed by atoms with van der Waals surface area (Å²) in [6.45, 7) is 0. The number of carbonyl (C=O) groups is 3. The second-order valence-corrected chi connectivity index (χ2v) is 3.14. The van der Waals surface area contributed by atoms with Crippen molar-refractivity contribution in [3.63, 3.8) is 0 Å². The van der Waals surface area contributed by atoms with Gasteiger partial charge in [-0.25, -0.2) is 4.79 Å². The van der Waals surface area contributed by atoms with Crippen LogP contribution < -0.4 is 0 Å². The van der Waals surface area contributed by atoms with Gasteiger partial charge in [0.05, 0.1) is 34.5 Å². The molecule has 0 aliphatic carbocycles. The average molecular weight is 260 g/mol. The van der Waals surface area contributed by atoms with Crippen molar-refractivity contribution in [2.75, 3.05) is 28.4 Å². The van der Waals surface area contributed by atoms with Crippen molar-refractivity contribution in [3.8, 4) is 0 Å². The second-order valence-electron chi connectivity index (χ2n) is 3.14. The molecule has 0 unspecified atom stereocenters. The molecule has 0 aliphatic heterocycles. The standard InChI is InChI=1S/C11H16O7/c1-15-7(6-9(12)16-2)5-8(10(13)17-3)11(14)18-4/h6,8H,5H2,1-4H3/b7-6+. The molecule has 0 heterocycles. The monoisotopic (exact) mass is 260 g/mol. The largest absolute Gasteiger partial charge is 0.501 e. The molecule has 0 rings (SSSR count). The molecular weight excluding hydrogens is 244 g/mol. The normalized spacial score (nSPS) is 10.8. The molecule has 0 amide bonds. The van der Waals surface area contributed by atoms with Crippen LogP contribution in [0.25, 0.3) is 0 Å². The zero-order valence-electron chi connectivity index (χ0n) is 10.7. The maximum Gasteiger partial charge on any atom is 0.333 e. The summed E-state index contributed by atoms with van der Waals surface area (Å²) in [5, 5.41) is 0. The van der Waals surface area contributed by atoms with Crippen molar-refractivity contribution in [1.29, 1.82) is 0 Å². The number of allylic oxidation sites excluding steroid dienone is 1. The molecule has 0 aromatic carbocycles. The van der Waals surface area contributed by atoms with Crippen LogP contribution in [-0.4, -0.2) is 46.3 Å². The first kappa shape index (κ1) is 16.0. The van der Waals surface area contributed by atoms with Crippen LogP contribution >= 0.6 is 0 Å². The van der Waals surface area contributed by atoms with E-state index in [2.05, 4.69) is 14.2 Å². The van der Waals surface area contributed by atoms with Crippen molar-refractivity contribution in [2.24, 2.45) is 5.92 Å². The smallest absolute Gasteiger partial charge is 0.333 e. The first-order chi connectivity index (χ1) is 8.49. The summed E-state index contributed by atoms with van der Waals surface area (Å²) in [6.07, 6.45) is 0.893. The van der Waals surface area contributed by atoms with Crippen LogP contribution in [0, 0.1) is 5.92 Å². The van der Waals surface area contributed by atoms with Gasteiger partial charge in [0.15, 0.2) is 5.92 Å². The summed E-state index contributed by atoms with van der Waals surface area (Å²) in [4.78, 5) is 33.8. The van der Waals surface area contributed by atoms with Crippen molar-refractivity contribution in [3.05, 3.63) is 11.8 Å². The summed E-state index contributed by atoms with van der Waals surface area (Å²) in [5.74, 6) is -3.26. The number of ether oxygens (including phenoxy) is 4. The number of rotatable bonds is 6. The van der Waals surface area contributed by atoms with Gasteiger partial charge in [-0.15, -0.1) is 0 Å². The molecule has 0 fully saturated rings. The highest BCUT2D eigenvalue weighted by Crippen LogP contribution is 2.16. The summed E-state index contributed by atoms with van der Waals surface area (Å²) in [5.41, 5.74) is 0. The number of methoxy groups -OCH3 is 4. The fourth-order valence-electron chi connectivity index (χ4n) is 1.14. The molecule has 0 radical (unpaired) electrons. The van der Waals surface area contributed by atoms with Crippen molar-refractivity contribution >= 4 is 17.9 Å². The van der Waals surface area contributed by atoms with Gasteiger partial charge in [0, 0.05) is 6.42 Å². The fourth-order valence-corrected chi connectivity index (χ4v) is 1.14. The molecule has 18 heavy (non-hydrogen) atoms. The molecule has 0 aromatic heterocycles. The van der Waals surface area contributed by atoms with Gasteiger partial charge in [-0.2, -0.15) is 0 Å². The molecule has 0 spiro atoms. The Balaban J connectivity index is 4.94. The first-order valence-electron chi connectivity index (χ1n) is 4.98. The van der Waals surface area contributed by atoms with Gasteiger partial charge in [-0.05, 0) is 0 Å². The summed E-state index contributed by atoms with van der Waals surface area (Å²) in [7, 11) is 4.80. The van der Waals surface area contributed by atoms with Crippen LogP contribution in [0.1, 0.15) is 6.42 Å². The maximum absolute atomic E-state index is 11.4. The van der Waals surface area contributed by atoms with Crippen molar-refractivity contribution in [2.45, 2.75) is 6.42 Å². The Morgan fingerprint density at radius 1 is 0.889 bits per heavy atom. The van der Waals surface area contributed by atoms with E-state index in [0.717, 1.165) is 20.3 Å². The Morgan fingerprint density at radius 2 is 1.39 bits per heavy atom. The molecule has 0 N–H and O–H groups in total. The molecule has 0 aliphatic rings. The highest BCUT2D eigenvalue weighted by molar-refractivity contribution is 5.95. The van der Waals surface area contributed by atoms with Crippen molar-refractivity contribution < 1.29 is 33.3 Å². The summed E-state index contributed by atoms with van der Waals surface area (Å²) >= 11 is 0. The van der Waals surface area contributed by atoms with Crippen LogP contribution in [0.5, 0.6) is 0 Å². The van der Waals surface area contributed by atoms with Crippen LogP contribution in [0.15, 0.2) is 11.8 Å². The lowest BCUT2D eigenvalue weighted by atomic mass is 10.0. The number of hydrogen-bond acceptors (Lipinski definition) is 7. The third-order valence-corrected chi connectivity index (χ3v) is 2.12. The van der Waals surface area contributed by atoms with E-state index in [1.54, 1.807) is 0 Å². The van der Waals surface area contributed by atoms with Gasteiger partial charge in [-0.3, -0.25) is 9.59 Å². The lowest BCUT2D eigenvalue weighted by molar-refractivity contribution is -0.159. The first-order valence-corrected chi connectivity index (χ1v) is 4.98. The van der Waals surface area contributed by atoms with E-state index in [4.69, 9.17) is 4.74 Å². The van der Waals surface area contributed by atoms with Gasteiger partial charge < -0.3 is 18.9 Å². The maximum atomic E-state index is 11.4. The van der Waals surface area contributed by atoms with Crippen LogP contribution in [0.2, 0.25) is 0 Å². The van der Waals surface area contributed by atoms with Gasteiger partial charge in [0.2, 0.25) is 0 Å². The minimum atomic E-state index is -1.18. The minimum Gasteiger partial charge on any atom is -0.501 e. The Bertz CT molecular complexity index is 329. The van der Waals surface area contributed by atoms with E-state index in [1.807, 2.05) is 0 Å². The molecule has 102 valence electrons. The number of carbonyl (C=O) groups excluding carboxylic acids is 3. The van der Waals surface area contributed by atoms with E-state index in [0.29, 0.717) is 0 Å². The van der Waals surface area contributed by atoms with Crippen LogP contribution in [0.4, 0.5) is 0 Å². The van der Waals surface area contributed by atoms with E-state index in [1.165, 1.54) is 14.2 Å². The minimum absolute atomic E-state index is 0.114. The summed E-state index contributed by atoms with van der Waals surface area (Å²) < 4.78 is 18.2. The van der Waals surface area contributed by atoms with Crippen molar-refractivity contribution in [1.82, 2.24) is 0 Å². The molecule has 7 nitrogen and oxygen atoms in total. The third-order valence-electron chi connectivity index (χ3n) is 2.12. The molecule has 0 aromatic rings. The highest BCUT2D eigenvalue weighted by atomic mass is 16.5. The fraction of sp³-hybridized carbons (Fsp3) is 0.545. The average Bonchev–Trinajstić information content (AvgIpc) is 2.41. The second kappa shape index (κ2) is 8.10. The SMILES string of the molecule is COC(=O)/C=C(\CC(C(=O)OC)C(=O)OC)OC. The van der Waals surface area contributed by atoms with E-state index in [9.17, 15) is 14.4 Å². The molecule has 0 saturated carbocycles. The Kier molecular flexibility index (Phi) is 7.18. The topological polar surface area (TPSA) is 88.1 Å². The van der Waals surface area contributed by atoms with Gasteiger partial charge in [0.25, 0.3) is 0 Å². The highest BCUT2D eigenvalue weighted by Gasteiger charge is 2.30. The molecule has 7 heteroatoms. The molecule has 0 bridgehead atoms. The molecule has 0 atom stereocenters. The van der Waals surface area contributed by atoms with Gasteiger partial charge >= 0.3 is 17.9 Å². The molecule has 0 saturated heterocycles. The third kappa shape index (κ3) is 4.86. The summed E-state index contributed by atoms with van der Waals surface area (Å²) in [6, 6.07) is 0. The predicted molar refractivity (Wildman–Crippen MR) is 59.2 cm³/mol. The number of hydrogen-bond donors (Lipinski definition) is 0. The zero-order valence-corrected chi connectivity index (χ0v) is 10.7. The lowest BCUT2D eigenvalue weighted by Crippen LogP contribution is -2.27. The number of esters is 3. The Morgan fingerprint density at radius 3 is 1.72 bits per heavy atom. The van der Waals surface area contributed by atoms with E-state index >= 15 is 0 Å².